The molecule has 0 aromatic carbocycles. The summed E-state index contributed by atoms with van der Waals surface area (Å²) >= 11 is 3.94. The van der Waals surface area contributed by atoms with Gasteiger partial charge < -0.3 is 0 Å². The number of hydrogen-bond donors (Lipinski definition) is 1. The Labute approximate surface area is 117 Å². The summed E-state index contributed by atoms with van der Waals surface area (Å²) in [6.07, 6.45) is 0. The summed E-state index contributed by atoms with van der Waals surface area (Å²) in [7, 11) is 0. The van der Waals surface area contributed by atoms with E-state index in [0.29, 0.717) is 12.5 Å². The molecule has 0 aliphatic carbocycles. The normalized spacial score (nSPS) is 11.4. The van der Waals surface area contributed by atoms with Gasteiger partial charge in [-0.2, -0.15) is 5.10 Å². The van der Waals surface area contributed by atoms with E-state index in [-0.39, 0.29) is 5.69 Å². The Morgan fingerprint density at radius 3 is 2.82 bits per heavy atom. The van der Waals surface area contributed by atoms with E-state index in [0.717, 1.165) is 10.7 Å². The smallest absolute Gasteiger partial charge is 0.274 e. The minimum absolute atomic E-state index is 0.129. The Morgan fingerprint density at radius 1 is 1.59 bits per heavy atom. The standard InChI is InChI=1S/C11H14IN3OS/c1-6(2)4-15-10(13-14-11(15)16)9-8(12)7(3)5-17-9/h5-6H,4H2,1-3H3,(H,14,16). The predicted molar refractivity (Wildman–Crippen MR) is 78.5 cm³/mol. The molecule has 2 aromatic rings. The molecule has 0 atom stereocenters. The molecule has 92 valence electrons. The summed E-state index contributed by atoms with van der Waals surface area (Å²) in [6.45, 7) is 6.94. The predicted octanol–water partition coefficient (Wildman–Crippen LogP) is 2.87. The molecule has 0 radical (unpaired) electrons. The lowest BCUT2D eigenvalue weighted by Crippen LogP contribution is -2.20. The third-order valence-corrected chi connectivity index (χ3v) is 5.26. The maximum absolute atomic E-state index is 11.7. The van der Waals surface area contributed by atoms with Crippen LogP contribution >= 0.6 is 33.9 Å². The molecule has 0 aliphatic rings. The molecular formula is C11H14IN3OS. The summed E-state index contributed by atoms with van der Waals surface area (Å²) in [5.41, 5.74) is 1.10. The second kappa shape index (κ2) is 4.93. The molecule has 2 rings (SSSR count). The molecule has 17 heavy (non-hydrogen) atoms. The number of H-pyrrole nitrogens is 1. The lowest BCUT2D eigenvalue weighted by Gasteiger charge is -2.07. The summed E-state index contributed by atoms with van der Waals surface area (Å²) in [5.74, 6) is 1.17. The summed E-state index contributed by atoms with van der Waals surface area (Å²) in [6, 6.07) is 0. The van der Waals surface area contributed by atoms with Crippen molar-refractivity contribution in [2.24, 2.45) is 5.92 Å². The third-order valence-electron chi connectivity index (χ3n) is 2.41. The van der Waals surface area contributed by atoms with Gasteiger partial charge in [-0.05, 0) is 46.4 Å². The van der Waals surface area contributed by atoms with E-state index in [1.807, 2.05) is 0 Å². The number of rotatable bonds is 3. The summed E-state index contributed by atoms with van der Waals surface area (Å²) in [4.78, 5) is 12.8. The van der Waals surface area contributed by atoms with Gasteiger partial charge in [0.1, 0.15) is 0 Å². The van der Waals surface area contributed by atoms with Crippen LogP contribution < -0.4 is 5.69 Å². The number of aromatic amines is 1. The van der Waals surface area contributed by atoms with Gasteiger partial charge in [0, 0.05) is 10.1 Å². The van der Waals surface area contributed by atoms with E-state index in [2.05, 4.69) is 58.9 Å². The molecule has 1 N–H and O–H groups in total. The second-order valence-electron chi connectivity index (χ2n) is 4.42. The van der Waals surface area contributed by atoms with Gasteiger partial charge in [-0.3, -0.25) is 4.57 Å². The zero-order valence-electron chi connectivity index (χ0n) is 9.95. The van der Waals surface area contributed by atoms with Crippen LogP contribution in [0.4, 0.5) is 0 Å². The van der Waals surface area contributed by atoms with E-state index in [4.69, 9.17) is 0 Å². The van der Waals surface area contributed by atoms with Crippen molar-refractivity contribution in [3.05, 3.63) is 25.0 Å². The van der Waals surface area contributed by atoms with E-state index in [9.17, 15) is 4.79 Å². The lowest BCUT2D eigenvalue weighted by atomic mass is 10.2. The minimum atomic E-state index is -0.129. The van der Waals surface area contributed by atoms with Crippen molar-refractivity contribution in [3.63, 3.8) is 0 Å². The van der Waals surface area contributed by atoms with Crippen LogP contribution in [0.5, 0.6) is 0 Å². The molecule has 0 unspecified atom stereocenters. The Morgan fingerprint density at radius 2 is 2.29 bits per heavy atom. The number of aromatic nitrogens is 3. The first-order valence-electron chi connectivity index (χ1n) is 5.40. The van der Waals surface area contributed by atoms with Crippen molar-refractivity contribution in [2.75, 3.05) is 0 Å². The highest BCUT2D eigenvalue weighted by Crippen LogP contribution is 2.31. The number of nitrogens with zero attached hydrogens (tertiary/aromatic N) is 2. The van der Waals surface area contributed by atoms with Gasteiger partial charge in [0.15, 0.2) is 5.82 Å². The van der Waals surface area contributed by atoms with Gasteiger partial charge >= 0.3 is 5.69 Å². The van der Waals surface area contributed by atoms with Crippen LogP contribution in [-0.2, 0) is 6.54 Å². The number of aryl methyl sites for hydroxylation is 1. The average Bonchev–Trinajstić information content (AvgIpc) is 2.75. The molecule has 0 fully saturated rings. The number of halogens is 1. The van der Waals surface area contributed by atoms with E-state index in [1.54, 1.807) is 15.9 Å². The SMILES string of the molecule is Cc1csc(-c2n[nH]c(=O)n2CC(C)C)c1I. The number of hydrogen-bond acceptors (Lipinski definition) is 3. The lowest BCUT2D eigenvalue weighted by molar-refractivity contribution is 0.515. The quantitative estimate of drug-likeness (QED) is 0.853. The average molecular weight is 363 g/mol. The van der Waals surface area contributed by atoms with E-state index in [1.165, 1.54) is 9.13 Å². The zero-order valence-corrected chi connectivity index (χ0v) is 12.9. The van der Waals surface area contributed by atoms with Crippen molar-refractivity contribution < 1.29 is 0 Å². The van der Waals surface area contributed by atoms with Crippen molar-refractivity contribution in [1.29, 1.82) is 0 Å². The van der Waals surface area contributed by atoms with Gasteiger partial charge in [0.05, 0.1) is 4.88 Å². The fraction of sp³-hybridized carbons (Fsp3) is 0.455. The van der Waals surface area contributed by atoms with Crippen LogP contribution in [0.15, 0.2) is 10.2 Å². The van der Waals surface area contributed by atoms with Gasteiger partial charge in [0.2, 0.25) is 0 Å². The van der Waals surface area contributed by atoms with Gasteiger partial charge in [-0.1, -0.05) is 13.8 Å². The third kappa shape index (κ3) is 2.47. The monoisotopic (exact) mass is 363 g/mol. The van der Waals surface area contributed by atoms with Crippen molar-refractivity contribution in [1.82, 2.24) is 14.8 Å². The number of nitrogens with one attached hydrogen (secondary N) is 1. The van der Waals surface area contributed by atoms with Crippen molar-refractivity contribution in [3.8, 4) is 10.7 Å². The first kappa shape index (κ1) is 12.8. The van der Waals surface area contributed by atoms with Crippen molar-refractivity contribution >= 4 is 33.9 Å². The van der Waals surface area contributed by atoms with Crippen LogP contribution in [0.3, 0.4) is 0 Å². The Kier molecular flexibility index (Phi) is 3.72. The molecule has 0 bridgehead atoms. The largest absolute Gasteiger partial charge is 0.343 e. The van der Waals surface area contributed by atoms with Crippen LogP contribution in [0.25, 0.3) is 10.7 Å². The summed E-state index contributed by atoms with van der Waals surface area (Å²) in [5, 5.41) is 8.78. The van der Waals surface area contributed by atoms with Gasteiger partial charge in [0.25, 0.3) is 0 Å². The Bertz CT molecular complexity index is 582. The van der Waals surface area contributed by atoms with Crippen molar-refractivity contribution in [2.45, 2.75) is 27.3 Å². The van der Waals surface area contributed by atoms with Crippen LogP contribution in [0.1, 0.15) is 19.4 Å². The zero-order chi connectivity index (χ0) is 12.6. The molecule has 6 heteroatoms. The topological polar surface area (TPSA) is 50.7 Å². The van der Waals surface area contributed by atoms with Crippen LogP contribution in [-0.4, -0.2) is 14.8 Å². The minimum Gasteiger partial charge on any atom is -0.274 e. The molecule has 0 amide bonds. The molecule has 2 heterocycles. The first-order valence-corrected chi connectivity index (χ1v) is 7.35. The van der Waals surface area contributed by atoms with Crippen LogP contribution in [0, 0.1) is 16.4 Å². The van der Waals surface area contributed by atoms with Gasteiger partial charge in [-0.25, -0.2) is 9.89 Å². The second-order valence-corrected chi connectivity index (χ2v) is 6.38. The first-order chi connectivity index (χ1) is 8.00. The highest BCUT2D eigenvalue weighted by molar-refractivity contribution is 14.1. The highest BCUT2D eigenvalue weighted by atomic mass is 127. The molecule has 4 nitrogen and oxygen atoms in total. The maximum atomic E-state index is 11.7. The number of thiophene rings is 1. The van der Waals surface area contributed by atoms with E-state index >= 15 is 0 Å². The van der Waals surface area contributed by atoms with Crippen LogP contribution in [0.2, 0.25) is 0 Å². The van der Waals surface area contributed by atoms with E-state index < -0.39 is 0 Å². The summed E-state index contributed by atoms with van der Waals surface area (Å²) < 4.78 is 2.90. The fourth-order valence-electron chi connectivity index (χ4n) is 1.61. The molecule has 0 aliphatic heterocycles. The molecule has 0 spiro atoms. The molecule has 0 saturated heterocycles. The molecule has 2 aromatic heterocycles. The Hall–Kier alpha value is -0.630. The highest BCUT2D eigenvalue weighted by Gasteiger charge is 2.16. The van der Waals surface area contributed by atoms with Gasteiger partial charge in [-0.15, -0.1) is 11.3 Å². The fourth-order valence-corrected chi connectivity index (χ4v) is 3.53. The molecular weight excluding hydrogens is 349 g/mol. The Balaban J connectivity index is 2.53. The molecule has 0 saturated carbocycles. The maximum Gasteiger partial charge on any atom is 0.343 e.